The third-order valence-corrected chi connectivity index (χ3v) is 5.37. The topological polar surface area (TPSA) is 35.7 Å². The molecule has 2 aromatic rings. The van der Waals surface area contributed by atoms with Crippen LogP contribution in [0, 0.1) is 0 Å². The summed E-state index contributed by atoms with van der Waals surface area (Å²) in [4.78, 5) is 2.08. The van der Waals surface area contributed by atoms with Crippen molar-refractivity contribution in [3.63, 3.8) is 0 Å². The number of aliphatic hydroxyl groups is 1. The molecule has 0 fully saturated rings. The molecular weight excluding hydrogens is 416 g/mol. The van der Waals surface area contributed by atoms with Crippen LogP contribution in [0.3, 0.4) is 0 Å². The number of nitrogens with zero attached hydrogens (tertiary/aromatic N) is 2. The Balaban J connectivity index is 0.00000196. The zero-order chi connectivity index (χ0) is 17.4. The standard InChI is InChI=1S/C20H22ClN2O2.BrH/c1-25-18-11-9-17(10-12-18)23-19-4-2-3-13-22(19)14-20(23,24)15-5-7-16(21)8-6-15;/h5-12,24H,2-4,13-14H2,1H3;1H/q+1;. The van der Waals surface area contributed by atoms with Crippen molar-refractivity contribution in [3.8, 4) is 5.75 Å². The zero-order valence-electron chi connectivity index (χ0n) is 14.7. The fourth-order valence-electron chi connectivity index (χ4n) is 3.88. The van der Waals surface area contributed by atoms with Gasteiger partial charge in [-0.2, -0.15) is 4.90 Å². The van der Waals surface area contributed by atoms with E-state index >= 15 is 0 Å². The second kappa shape index (κ2) is 7.59. The van der Waals surface area contributed by atoms with Crippen LogP contribution in [0.15, 0.2) is 48.5 Å². The van der Waals surface area contributed by atoms with Crippen LogP contribution in [-0.4, -0.2) is 35.7 Å². The van der Waals surface area contributed by atoms with Gasteiger partial charge in [0.15, 0.2) is 6.54 Å². The lowest BCUT2D eigenvalue weighted by molar-refractivity contribution is -0.538. The fraction of sp³-hybridized carbons (Fsp3) is 0.350. The predicted molar refractivity (Wildman–Crippen MR) is 110 cm³/mol. The van der Waals surface area contributed by atoms with Gasteiger partial charge in [-0.05, 0) is 49.2 Å². The Hall–Kier alpha value is -1.56. The number of hydrogen-bond acceptors (Lipinski definition) is 3. The largest absolute Gasteiger partial charge is 0.497 e. The van der Waals surface area contributed by atoms with E-state index in [4.69, 9.17) is 16.3 Å². The molecule has 4 rings (SSSR count). The maximum atomic E-state index is 11.7. The molecule has 0 spiro atoms. The van der Waals surface area contributed by atoms with Crippen molar-refractivity contribution in [2.24, 2.45) is 0 Å². The summed E-state index contributed by atoms with van der Waals surface area (Å²) in [6, 6.07) is 15.4. The smallest absolute Gasteiger partial charge is 0.275 e. The SMILES string of the molecule is Br.COc1ccc(N2C3=[N+](CCCC3)CC2(O)c2ccc(Cl)cc2)cc1. The first-order valence-electron chi connectivity index (χ1n) is 8.65. The number of benzene rings is 2. The van der Waals surface area contributed by atoms with Gasteiger partial charge in [0.2, 0.25) is 0 Å². The Kier molecular flexibility index (Phi) is 5.61. The average molecular weight is 439 g/mol. The molecule has 2 aromatic carbocycles. The normalized spacial score (nSPS) is 22.0. The van der Waals surface area contributed by atoms with E-state index < -0.39 is 5.72 Å². The molecule has 2 heterocycles. The van der Waals surface area contributed by atoms with Crippen molar-refractivity contribution >= 4 is 40.1 Å². The minimum absolute atomic E-state index is 0. The molecule has 0 bridgehead atoms. The minimum Gasteiger partial charge on any atom is -0.497 e. The van der Waals surface area contributed by atoms with E-state index in [2.05, 4.69) is 9.48 Å². The molecule has 26 heavy (non-hydrogen) atoms. The van der Waals surface area contributed by atoms with Gasteiger partial charge in [-0.25, -0.2) is 0 Å². The lowest BCUT2D eigenvalue weighted by atomic mass is 10.0. The summed E-state index contributed by atoms with van der Waals surface area (Å²) in [6.07, 6.45) is 3.29. The Bertz CT molecular complexity index is 808. The first kappa shape index (κ1) is 19.2. The van der Waals surface area contributed by atoms with Crippen LogP contribution in [0.5, 0.6) is 5.75 Å². The maximum absolute atomic E-state index is 11.7. The summed E-state index contributed by atoms with van der Waals surface area (Å²) in [6.45, 7) is 1.55. The van der Waals surface area contributed by atoms with Crippen LogP contribution in [-0.2, 0) is 5.72 Å². The Morgan fingerprint density at radius 1 is 1.08 bits per heavy atom. The Labute approximate surface area is 169 Å². The van der Waals surface area contributed by atoms with Crippen molar-refractivity contribution < 1.29 is 14.4 Å². The number of hydrogen-bond donors (Lipinski definition) is 1. The molecular formula is C20H23BrClN2O2+. The molecule has 4 nitrogen and oxygen atoms in total. The van der Waals surface area contributed by atoms with E-state index in [0.29, 0.717) is 11.6 Å². The van der Waals surface area contributed by atoms with Crippen LogP contribution in [0.2, 0.25) is 5.02 Å². The van der Waals surface area contributed by atoms with E-state index in [1.807, 2.05) is 48.5 Å². The maximum Gasteiger partial charge on any atom is 0.275 e. The summed E-state index contributed by atoms with van der Waals surface area (Å²) >= 11 is 6.05. The molecule has 0 saturated heterocycles. The molecule has 1 atom stereocenters. The molecule has 2 aliphatic heterocycles. The Morgan fingerprint density at radius 2 is 1.77 bits per heavy atom. The molecule has 0 radical (unpaired) electrons. The Morgan fingerprint density at radius 3 is 2.42 bits per heavy atom. The quantitative estimate of drug-likeness (QED) is 0.730. The summed E-state index contributed by atoms with van der Waals surface area (Å²) < 4.78 is 7.58. The van der Waals surface area contributed by atoms with Gasteiger partial charge in [0.25, 0.3) is 11.6 Å². The van der Waals surface area contributed by atoms with Crippen LogP contribution >= 0.6 is 28.6 Å². The highest BCUT2D eigenvalue weighted by Gasteiger charge is 2.54. The molecule has 0 amide bonds. The van der Waals surface area contributed by atoms with Gasteiger partial charge in [0.1, 0.15) is 11.4 Å². The first-order valence-corrected chi connectivity index (χ1v) is 9.03. The monoisotopic (exact) mass is 437 g/mol. The fourth-order valence-corrected chi connectivity index (χ4v) is 4.00. The summed E-state index contributed by atoms with van der Waals surface area (Å²) in [5.41, 5.74) is 0.728. The molecule has 6 heteroatoms. The van der Waals surface area contributed by atoms with Crippen LogP contribution < -0.4 is 9.64 Å². The van der Waals surface area contributed by atoms with Gasteiger partial charge in [0, 0.05) is 17.0 Å². The third kappa shape index (κ3) is 3.24. The molecule has 138 valence electrons. The van der Waals surface area contributed by atoms with Crippen LogP contribution in [0.1, 0.15) is 24.8 Å². The number of halogens is 2. The molecule has 0 aliphatic carbocycles. The van der Waals surface area contributed by atoms with Crippen molar-refractivity contribution in [2.45, 2.75) is 25.0 Å². The van der Waals surface area contributed by atoms with Gasteiger partial charge in [-0.1, -0.05) is 23.7 Å². The van der Waals surface area contributed by atoms with Gasteiger partial charge in [-0.15, -0.1) is 17.0 Å². The van der Waals surface area contributed by atoms with Gasteiger partial charge < -0.3 is 9.84 Å². The van der Waals surface area contributed by atoms with Crippen molar-refractivity contribution in [3.05, 3.63) is 59.1 Å². The first-order chi connectivity index (χ1) is 12.1. The zero-order valence-corrected chi connectivity index (χ0v) is 17.2. The summed E-state index contributed by atoms with van der Waals surface area (Å²) in [5, 5.41) is 12.4. The highest BCUT2D eigenvalue weighted by Crippen LogP contribution is 2.38. The number of methoxy groups -OCH3 is 1. The molecule has 0 aromatic heterocycles. The summed E-state index contributed by atoms with van der Waals surface area (Å²) in [5.74, 6) is 2.00. The molecule has 1 N–H and O–H groups in total. The van der Waals surface area contributed by atoms with E-state index in [0.717, 1.165) is 42.8 Å². The predicted octanol–water partition coefficient (Wildman–Crippen LogP) is 4.19. The molecule has 2 aliphatic rings. The highest BCUT2D eigenvalue weighted by atomic mass is 79.9. The van der Waals surface area contributed by atoms with Crippen molar-refractivity contribution in [1.82, 2.24) is 0 Å². The number of ether oxygens (including phenoxy) is 1. The highest BCUT2D eigenvalue weighted by molar-refractivity contribution is 8.93. The molecule has 1 unspecified atom stereocenters. The third-order valence-electron chi connectivity index (χ3n) is 5.12. The van der Waals surface area contributed by atoms with Crippen LogP contribution in [0.4, 0.5) is 5.69 Å². The molecule has 0 saturated carbocycles. The second-order valence-corrected chi connectivity index (χ2v) is 7.09. The number of amidine groups is 1. The second-order valence-electron chi connectivity index (χ2n) is 6.65. The van der Waals surface area contributed by atoms with Gasteiger partial charge in [-0.3, -0.25) is 4.58 Å². The van der Waals surface area contributed by atoms with Crippen molar-refractivity contribution in [2.75, 3.05) is 25.1 Å². The number of anilines is 1. The van der Waals surface area contributed by atoms with E-state index in [-0.39, 0.29) is 17.0 Å². The van der Waals surface area contributed by atoms with Gasteiger partial charge in [0.05, 0.1) is 13.7 Å². The number of rotatable bonds is 3. The average Bonchev–Trinajstić information content (AvgIpc) is 2.95. The van der Waals surface area contributed by atoms with E-state index in [1.165, 1.54) is 5.84 Å². The van der Waals surface area contributed by atoms with Crippen LogP contribution in [0.25, 0.3) is 0 Å². The van der Waals surface area contributed by atoms with E-state index in [9.17, 15) is 5.11 Å². The van der Waals surface area contributed by atoms with E-state index in [1.54, 1.807) is 7.11 Å². The lowest BCUT2D eigenvalue weighted by Gasteiger charge is -2.29. The summed E-state index contributed by atoms with van der Waals surface area (Å²) in [7, 11) is 1.66. The minimum atomic E-state index is -1.10. The van der Waals surface area contributed by atoms with Crippen molar-refractivity contribution in [1.29, 1.82) is 0 Å². The lowest BCUT2D eigenvalue weighted by Crippen LogP contribution is -2.47. The van der Waals surface area contributed by atoms with Gasteiger partial charge >= 0.3 is 0 Å².